The Morgan fingerprint density at radius 2 is 1.93 bits per heavy atom. The minimum absolute atomic E-state index is 0. The number of sulfonamides is 1. The standard InChI is InChI=1S/C19H33N5O3S.HI/c1-3-19(8-5-6-9-19)16-21-18(20-4-2)23-10-12-24(13-11-23)28(25,26)15-17-7-14-27-22-17;/h7,14H,3-6,8-13,15-16H2,1-2H3,(H,20,21);1H. The maximum Gasteiger partial charge on any atom is 0.220 e. The first-order valence-corrected chi connectivity index (χ1v) is 12.0. The van der Waals surface area contributed by atoms with Crippen molar-refractivity contribution >= 4 is 40.0 Å². The first kappa shape index (κ1) is 24.4. The maximum atomic E-state index is 12.6. The molecule has 0 radical (unpaired) electrons. The molecular formula is C19H34IN5O3S. The Kier molecular flexibility index (Phi) is 9.20. The van der Waals surface area contributed by atoms with E-state index in [-0.39, 0.29) is 29.7 Å². The van der Waals surface area contributed by atoms with Crippen LogP contribution in [0, 0.1) is 5.41 Å². The fourth-order valence-corrected chi connectivity index (χ4v) is 5.61. The molecular weight excluding hydrogens is 505 g/mol. The summed E-state index contributed by atoms with van der Waals surface area (Å²) in [7, 11) is -3.38. The third kappa shape index (κ3) is 6.30. The van der Waals surface area contributed by atoms with Gasteiger partial charge in [0.05, 0.1) is 5.69 Å². The molecule has 0 spiro atoms. The Morgan fingerprint density at radius 3 is 2.48 bits per heavy atom. The zero-order valence-electron chi connectivity index (χ0n) is 17.5. The summed E-state index contributed by atoms with van der Waals surface area (Å²) in [4.78, 5) is 7.14. The van der Waals surface area contributed by atoms with E-state index in [0.29, 0.717) is 37.3 Å². The zero-order valence-corrected chi connectivity index (χ0v) is 20.6. The van der Waals surface area contributed by atoms with Gasteiger partial charge >= 0.3 is 0 Å². The van der Waals surface area contributed by atoms with Crippen molar-refractivity contribution in [3.63, 3.8) is 0 Å². The van der Waals surface area contributed by atoms with Crippen LogP contribution >= 0.6 is 24.0 Å². The molecule has 1 aromatic heterocycles. The molecule has 29 heavy (non-hydrogen) atoms. The van der Waals surface area contributed by atoms with Crippen LogP contribution in [0.2, 0.25) is 0 Å². The number of hydrogen-bond acceptors (Lipinski definition) is 5. The lowest BCUT2D eigenvalue weighted by atomic mass is 9.83. The molecule has 8 nitrogen and oxygen atoms in total. The van der Waals surface area contributed by atoms with E-state index < -0.39 is 10.0 Å². The summed E-state index contributed by atoms with van der Waals surface area (Å²) in [5.74, 6) is 0.798. The van der Waals surface area contributed by atoms with Gasteiger partial charge in [0.2, 0.25) is 10.0 Å². The van der Waals surface area contributed by atoms with Crippen molar-refractivity contribution in [1.82, 2.24) is 19.7 Å². The van der Waals surface area contributed by atoms with E-state index in [1.54, 1.807) is 10.4 Å². The third-order valence-electron chi connectivity index (χ3n) is 6.07. The summed E-state index contributed by atoms with van der Waals surface area (Å²) in [5.41, 5.74) is 0.794. The molecule has 0 unspecified atom stereocenters. The molecule has 2 aliphatic rings. The topological polar surface area (TPSA) is 91.0 Å². The Labute approximate surface area is 191 Å². The van der Waals surface area contributed by atoms with Crippen LogP contribution in [0.1, 0.15) is 51.6 Å². The molecule has 2 fully saturated rings. The molecule has 0 atom stereocenters. The SMILES string of the molecule is CCNC(=NCC1(CC)CCCC1)N1CCN(S(=O)(=O)Cc2ccon2)CC1.I. The van der Waals surface area contributed by atoms with E-state index in [9.17, 15) is 8.42 Å². The Morgan fingerprint density at radius 1 is 1.24 bits per heavy atom. The molecule has 0 amide bonds. The number of rotatable bonds is 7. The van der Waals surface area contributed by atoms with Gasteiger partial charge in [-0.25, -0.2) is 8.42 Å². The smallest absolute Gasteiger partial charge is 0.220 e. The quantitative estimate of drug-likeness (QED) is 0.326. The summed E-state index contributed by atoms with van der Waals surface area (Å²) in [6.45, 7) is 8.21. The number of halogens is 1. The van der Waals surface area contributed by atoms with Gasteiger partial charge in [-0.2, -0.15) is 4.31 Å². The van der Waals surface area contributed by atoms with Crippen molar-refractivity contribution in [1.29, 1.82) is 0 Å². The van der Waals surface area contributed by atoms with Gasteiger partial charge in [0, 0.05) is 45.3 Å². The lowest BCUT2D eigenvalue weighted by molar-refractivity contribution is 0.255. The third-order valence-corrected chi connectivity index (χ3v) is 7.88. The van der Waals surface area contributed by atoms with E-state index >= 15 is 0 Å². The minimum Gasteiger partial charge on any atom is -0.364 e. The van der Waals surface area contributed by atoms with Crippen molar-refractivity contribution in [3.8, 4) is 0 Å². The molecule has 0 aromatic carbocycles. The Balaban J connectivity index is 0.00000300. The second-order valence-electron chi connectivity index (χ2n) is 7.86. The largest absolute Gasteiger partial charge is 0.364 e. The van der Waals surface area contributed by atoms with Gasteiger partial charge in [0.1, 0.15) is 12.0 Å². The molecule has 166 valence electrons. The van der Waals surface area contributed by atoms with Crippen LogP contribution in [0.3, 0.4) is 0 Å². The maximum absolute atomic E-state index is 12.6. The summed E-state index contributed by atoms with van der Waals surface area (Å²) >= 11 is 0. The van der Waals surface area contributed by atoms with Crippen LogP contribution in [-0.2, 0) is 15.8 Å². The van der Waals surface area contributed by atoms with Crippen molar-refractivity contribution in [3.05, 3.63) is 18.0 Å². The highest BCUT2D eigenvalue weighted by atomic mass is 127. The fourth-order valence-electron chi connectivity index (χ4n) is 4.19. The number of aliphatic imine (C=N–C) groups is 1. The predicted octanol–water partition coefficient (Wildman–Crippen LogP) is 2.68. The molecule has 10 heteroatoms. The molecule has 1 aliphatic carbocycles. The number of aromatic nitrogens is 1. The first-order chi connectivity index (χ1) is 13.5. The predicted molar refractivity (Wildman–Crippen MR) is 125 cm³/mol. The summed E-state index contributed by atoms with van der Waals surface area (Å²) < 4.78 is 31.5. The van der Waals surface area contributed by atoms with Gasteiger partial charge in [-0.05, 0) is 31.6 Å². The molecule has 1 saturated carbocycles. The first-order valence-electron chi connectivity index (χ1n) is 10.4. The monoisotopic (exact) mass is 539 g/mol. The van der Waals surface area contributed by atoms with Gasteiger partial charge < -0.3 is 14.7 Å². The molecule has 1 saturated heterocycles. The van der Waals surface area contributed by atoms with Crippen molar-refractivity contribution in [2.24, 2.45) is 10.4 Å². The summed E-state index contributed by atoms with van der Waals surface area (Å²) in [6, 6.07) is 1.59. The molecule has 0 bridgehead atoms. The molecule has 1 N–H and O–H groups in total. The van der Waals surface area contributed by atoms with Crippen LogP contribution in [0.5, 0.6) is 0 Å². The molecule has 1 aromatic rings. The number of piperazine rings is 1. The van der Waals surface area contributed by atoms with Gasteiger partial charge in [-0.3, -0.25) is 4.99 Å². The second-order valence-corrected chi connectivity index (χ2v) is 9.83. The van der Waals surface area contributed by atoms with Crippen LogP contribution in [0.25, 0.3) is 0 Å². The molecule has 3 rings (SSSR count). The van der Waals surface area contributed by atoms with Crippen LogP contribution in [0.15, 0.2) is 21.8 Å². The number of hydrogen-bond donors (Lipinski definition) is 1. The highest BCUT2D eigenvalue weighted by Crippen LogP contribution is 2.41. The van der Waals surface area contributed by atoms with Crippen molar-refractivity contribution in [2.75, 3.05) is 39.3 Å². The van der Waals surface area contributed by atoms with Gasteiger partial charge in [-0.15, -0.1) is 24.0 Å². The average molecular weight is 539 g/mol. The second kappa shape index (κ2) is 10.9. The highest BCUT2D eigenvalue weighted by Gasteiger charge is 2.33. The van der Waals surface area contributed by atoms with Crippen LogP contribution in [0.4, 0.5) is 0 Å². The highest BCUT2D eigenvalue weighted by molar-refractivity contribution is 14.0. The van der Waals surface area contributed by atoms with Gasteiger partial charge in [-0.1, -0.05) is 24.9 Å². The Hall–Kier alpha value is -0.880. The minimum atomic E-state index is -3.38. The lowest BCUT2D eigenvalue weighted by Gasteiger charge is -2.36. The summed E-state index contributed by atoms with van der Waals surface area (Å²) in [6.07, 6.45) is 7.71. The number of guanidine groups is 1. The van der Waals surface area contributed by atoms with E-state index in [1.165, 1.54) is 38.4 Å². The Bertz CT molecular complexity index is 740. The van der Waals surface area contributed by atoms with Crippen molar-refractivity contribution in [2.45, 2.75) is 51.7 Å². The van der Waals surface area contributed by atoms with E-state index in [4.69, 9.17) is 9.52 Å². The lowest BCUT2D eigenvalue weighted by Crippen LogP contribution is -2.54. The van der Waals surface area contributed by atoms with Crippen LogP contribution < -0.4 is 5.32 Å². The van der Waals surface area contributed by atoms with Crippen LogP contribution in [-0.4, -0.2) is 68.0 Å². The normalized spacial score (nSPS) is 20.5. The zero-order chi connectivity index (χ0) is 20.0. The van der Waals surface area contributed by atoms with E-state index in [1.807, 2.05) is 0 Å². The van der Waals surface area contributed by atoms with Crippen molar-refractivity contribution < 1.29 is 12.9 Å². The van der Waals surface area contributed by atoms with Gasteiger partial charge in [0.15, 0.2) is 5.96 Å². The van der Waals surface area contributed by atoms with Gasteiger partial charge in [0.25, 0.3) is 0 Å². The average Bonchev–Trinajstić information content (AvgIpc) is 3.37. The van der Waals surface area contributed by atoms with E-state index in [0.717, 1.165) is 19.0 Å². The number of nitrogens with one attached hydrogen (secondary N) is 1. The number of nitrogens with zero attached hydrogens (tertiary/aromatic N) is 4. The molecule has 2 heterocycles. The fraction of sp³-hybridized carbons (Fsp3) is 0.789. The summed E-state index contributed by atoms with van der Waals surface area (Å²) in [5, 5.41) is 7.11. The van der Waals surface area contributed by atoms with E-state index in [2.05, 4.69) is 29.2 Å². The molecule has 1 aliphatic heterocycles.